The molecule has 0 fully saturated rings. The fourth-order valence-corrected chi connectivity index (χ4v) is 1.56. The minimum Gasteiger partial charge on any atom is -0.311 e. The maximum absolute atomic E-state index is 3.26. The smallest absolute Gasteiger partial charge is 0.107 e. The van der Waals surface area contributed by atoms with Crippen LogP contribution in [0, 0.1) is 0 Å². The molecule has 0 aromatic rings. The summed E-state index contributed by atoms with van der Waals surface area (Å²) in [5.41, 5.74) is -0.149. The summed E-state index contributed by atoms with van der Waals surface area (Å²) in [4.78, 5) is 0. The Balaban J connectivity index is 2.84. The molecule has 1 aliphatic rings. The van der Waals surface area contributed by atoms with Gasteiger partial charge in [-0.3, -0.25) is 10.6 Å². The lowest BCUT2D eigenvalue weighted by molar-refractivity contribution is 0.309. The quantitative estimate of drug-likeness (QED) is 0.511. The van der Waals surface area contributed by atoms with Crippen LogP contribution in [-0.4, -0.2) is 32.8 Å². The Morgan fingerprint density at radius 2 is 1.75 bits per heavy atom. The second kappa shape index (κ2) is 3.85. The monoisotopic (exact) mass is 167 g/mol. The Morgan fingerprint density at radius 3 is 2.17 bits per heavy atom. The minimum atomic E-state index is -0.149. The Bertz CT molecular complexity index is 192. The number of allylic oxidation sites excluding steroid dienone is 2. The summed E-state index contributed by atoms with van der Waals surface area (Å²) >= 11 is 0. The topological polar surface area (TPSA) is 36.1 Å². The van der Waals surface area contributed by atoms with Crippen LogP contribution in [0.15, 0.2) is 24.3 Å². The summed E-state index contributed by atoms with van der Waals surface area (Å²) in [6.45, 7) is 0. The van der Waals surface area contributed by atoms with Crippen molar-refractivity contribution < 1.29 is 0 Å². The first-order chi connectivity index (χ1) is 5.79. The molecule has 0 radical (unpaired) electrons. The van der Waals surface area contributed by atoms with Gasteiger partial charge < -0.3 is 5.32 Å². The molecule has 0 amide bonds. The number of hydrogen-bond acceptors (Lipinski definition) is 3. The van der Waals surface area contributed by atoms with E-state index in [1.807, 2.05) is 33.3 Å². The van der Waals surface area contributed by atoms with Crippen LogP contribution in [0.4, 0.5) is 0 Å². The van der Waals surface area contributed by atoms with Crippen molar-refractivity contribution in [1.82, 2.24) is 16.0 Å². The zero-order valence-electron chi connectivity index (χ0n) is 7.89. The lowest BCUT2D eigenvalue weighted by Gasteiger charge is -2.37. The number of rotatable bonds is 3. The van der Waals surface area contributed by atoms with Gasteiger partial charge in [-0.05, 0) is 27.2 Å². The second-order valence-electron chi connectivity index (χ2n) is 2.88. The highest BCUT2D eigenvalue weighted by Gasteiger charge is 2.31. The van der Waals surface area contributed by atoms with Crippen molar-refractivity contribution in [1.29, 1.82) is 0 Å². The molecule has 3 heteroatoms. The Morgan fingerprint density at radius 1 is 1.08 bits per heavy atom. The molecule has 0 spiro atoms. The van der Waals surface area contributed by atoms with Gasteiger partial charge >= 0.3 is 0 Å². The summed E-state index contributed by atoms with van der Waals surface area (Å²) < 4.78 is 0. The lowest BCUT2D eigenvalue weighted by atomic mass is 9.95. The maximum atomic E-state index is 3.26. The van der Waals surface area contributed by atoms with Gasteiger partial charge in [0.15, 0.2) is 0 Å². The van der Waals surface area contributed by atoms with Gasteiger partial charge in [-0.25, -0.2) is 0 Å². The van der Waals surface area contributed by atoms with E-state index in [9.17, 15) is 0 Å². The molecule has 3 nitrogen and oxygen atoms in total. The summed E-state index contributed by atoms with van der Waals surface area (Å²) in [7, 11) is 5.85. The SMILES string of the molecule is CNC1C=CC=CC1(NC)NC. The molecule has 0 aromatic heterocycles. The van der Waals surface area contributed by atoms with Crippen molar-refractivity contribution >= 4 is 0 Å². The zero-order chi connectivity index (χ0) is 9.03. The highest BCUT2D eigenvalue weighted by molar-refractivity contribution is 5.26. The molecule has 0 saturated carbocycles. The molecule has 0 heterocycles. The predicted molar refractivity (Wildman–Crippen MR) is 52.0 cm³/mol. The molecular formula is C9H17N3. The third-order valence-electron chi connectivity index (χ3n) is 2.40. The van der Waals surface area contributed by atoms with Crippen molar-refractivity contribution in [2.75, 3.05) is 21.1 Å². The van der Waals surface area contributed by atoms with Crippen LogP contribution in [0.2, 0.25) is 0 Å². The summed E-state index contributed by atoms with van der Waals surface area (Å²) in [6, 6.07) is 0.289. The van der Waals surface area contributed by atoms with Gasteiger partial charge in [0.1, 0.15) is 5.66 Å². The third-order valence-corrected chi connectivity index (χ3v) is 2.40. The first kappa shape index (κ1) is 9.45. The fourth-order valence-electron chi connectivity index (χ4n) is 1.56. The molecule has 1 unspecified atom stereocenters. The van der Waals surface area contributed by atoms with Crippen molar-refractivity contribution in [3.8, 4) is 0 Å². The van der Waals surface area contributed by atoms with Crippen molar-refractivity contribution in [3.63, 3.8) is 0 Å². The first-order valence-corrected chi connectivity index (χ1v) is 4.20. The average Bonchev–Trinajstić information content (AvgIpc) is 2.17. The maximum Gasteiger partial charge on any atom is 0.107 e. The Kier molecular flexibility index (Phi) is 3.03. The minimum absolute atomic E-state index is 0.149. The second-order valence-corrected chi connectivity index (χ2v) is 2.88. The highest BCUT2D eigenvalue weighted by Crippen LogP contribution is 2.13. The fraction of sp³-hybridized carbons (Fsp3) is 0.556. The first-order valence-electron chi connectivity index (χ1n) is 4.20. The molecule has 1 aliphatic carbocycles. The summed E-state index contributed by atoms with van der Waals surface area (Å²) in [6.07, 6.45) is 8.34. The largest absolute Gasteiger partial charge is 0.311 e. The predicted octanol–water partition coefficient (Wildman–Crippen LogP) is -0.165. The molecule has 68 valence electrons. The molecule has 1 atom stereocenters. The van der Waals surface area contributed by atoms with E-state index in [1.165, 1.54) is 0 Å². The zero-order valence-corrected chi connectivity index (χ0v) is 7.89. The van der Waals surface area contributed by atoms with E-state index >= 15 is 0 Å². The number of nitrogens with one attached hydrogen (secondary N) is 3. The highest BCUT2D eigenvalue weighted by atomic mass is 15.2. The van der Waals surface area contributed by atoms with Crippen molar-refractivity contribution in [2.45, 2.75) is 11.7 Å². The molecule has 0 saturated heterocycles. The number of likely N-dealkylation sites (N-methyl/N-ethyl adjacent to an activating group) is 3. The van der Waals surface area contributed by atoms with Crippen LogP contribution in [-0.2, 0) is 0 Å². The van der Waals surface area contributed by atoms with Gasteiger partial charge in [0.05, 0.1) is 6.04 Å². The standard InChI is InChI=1S/C9H17N3/c1-10-8-6-4-5-7-9(8,11-2)12-3/h4-8,10-12H,1-3H3. The Labute approximate surface area is 73.9 Å². The molecule has 3 N–H and O–H groups in total. The summed E-state index contributed by atoms with van der Waals surface area (Å²) in [5, 5.41) is 9.75. The molecule has 12 heavy (non-hydrogen) atoms. The van der Waals surface area contributed by atoms with Crippen LogP contribution < -0.4 is 16.0 Å². The van der Waals surface area contributed by atoms with E-state index in [1.54, 1.807) is 0 Å². The summed E-state index contributed by atoms with van der Waals surface area (Å²) in [5.74, 6) is 0. The lowest BCUT2D eigenvalue weighted by Crippen LogP contribution is -2.64. The van der Waals surface area contributed by atoms with Gasteiger partial charge in [0, 0.05) is 0 Å². The van der Waals surface area contributed by atoms with Gasteiger partial charge in [-0.2, -0.15) is 0 Å². The van der Waals surface area contributed by atoms with Crippen LogP contribution >= 0.6 is 0 Å². The molecule has 0 bridgehead atoms. The van der Waals surface area contributed by atoms with Gasteiger partial charge in [-0.15, -0.1) is 0 Å². The van der Waals surface area contributed by atoms with Crippen molar-refractivity contribution in [2.24, 2.45) is 0 Å². The molecule has 0 aromatic carbocycles. The molecule has 0 aliphatic heterocycles. The third kappa shape index (κ3) is 1.43. The van der Waals surface area contributed by atoms with E-state index in [2.05, 4.69) is 28.1 Å². The Hall–Kier alpha value is -0.640. The normalized spacial score (nSPS) is 26.1. The molecular weight excluding hydrogens is 150 g/mol. The van der Waals surface area contributed by atoms with Crippen LogP contribution in [0.25, 0.3) is 0 Å². The van der Waals surface area contributed by atoms with E-state index in [4.69, 9.17) is 0 Å². The van der Waals surface area contributed by atoms with E-state index in [0.29, 0.717) is 0 Å². The van der Waals surface area contributed by atoms with Crippen LogP contribution in [0.3, 0.4) is 0 Å². The average molecular weight is 167 g/mol. The van der Waals surface area contributed by atoms with E-state index < -0.39 is 0 Å². The van der Waals surface area contributed by atoms with Gasteiger partial charge in [0.2, 0.25) is 0 Å². The van der Waals surface area contributed by atoms with Gasteiger partial charge in [-0.1, -0.05) is 18.2 Å². The molecule has 1 rings (SSSR count). The van der Waals surface area contributed by atoms with E-state index in [0.717, 1.165) is 0 Å². The van der Waals surface area contributed by atoms with E-state index in [-0.39, 0.29) is 11.7 Å². The van der Waals surface area contributed by atoms with Gasteiger partial charge in [0.25, 0.3) is 0 Å². The number of hydrogen-bond donors (Lipinski definition) is 3. The van der Waals surface area contributed by atoms with Crippen LogP contribution in [0.5, 0.6) is 0 Å². The van der Waals surface area contributed by atoms with Crippen molar-refractivity contribution in [3.05, 3.63) is 24.3 Å². The van der Waals surface area contributed by atoms with Crippen LogP contribution in [0.1, 0.15) is 0 Å².